The lowest BCUT2D eigenvalue weighted by Gasteiger charge is -2.06. The minimum Gasteiger partial charge on any atom is -0.355 e. The fourth-order valence-corrected chi connectivity index (χ4v) is 4.97. The van der Waals surface area contributed by atoms with Crippen molar-refractivity contribution < 1.29 is 9.59 Å². The zero-order valence-corrected chi connectivity index (χ0v) is 18.1. The average Bonchev–Trinajstić information content (AvgIpc) is 3.12. The molecule has 6 nitrogen and oxygen atoms in total. The standard InChI is InChI=1S/C17H21ClN4O2S3/c1-2-8-19-15(24)11-26-17-22-21-16(27-17)25-9-7-14(23)20-10-12-5-3-4-6-13(12)18/h3-6H,2,7-11H2,1H3,(H,19,24)(H,20,23). The van der Waals surface area contributed by atoms with E-state index in [-0.39, 0.29) is 11.8 Å². The summed E-state index contributed by atoms with van der Waals surface area (Å²) in [7, 11) is 0. The summed E-state index contributed by atoms with van der Waals surface area (Å²) in [5.41, 5.74) is 0.897. The minimum atomic E-state index is -0.0332. The van der Waals surface area contributed by atoms with Crippen LogP contribution in [0.5, 0.6) is 0 Å². The van der Waals surface area contributed by atoms with Crippen molar-refractivity contribution >= 4 is 58.3 Å². The first-order valence-corrected chi connectivity index (χ1v) is 11.6. The van der Waals surface area contributed by atoms with Gasteiger partial charge in [0.1, 0.15) is 0 Å². The van der Waals surface area contributed by atoms with Crippen molar-refractivity contribution in [3.05, 3.63) is 34.9 Å². The number of nitrogens with one attached hydrogen (secondary N) is 2. The first-order valence-electron chi connectivity index (χ1n) is 8.44. The Balaban J connectivity index is 1.64. The van der Waals surface area contributed by atoms with Gasteiger partial charge in [0.15, 0.2) is 8.68 Å². The number of hydrogen-bond donors (Lipinski definition) is 2. The Morgan fingerprint density at radius 2 is 1.85 bits per heavy atom. The molecule has 0 atom stereocenters. The maximum atomic E-state index is 11.9. The molecule has 146 valence electrons. The van der Waals surface area contributed by atoms with Gasteiger partial charge in [0.25, 0.3) is 0 Å². The van der Waals surface area contributed by atoms with Gasteiger partial charge in [-0.3, -0.25) is 9.59 Å². The van der Waals surface area contributed by atoms with Crippen molar-refractivity contribution in [3.63, 3.8) is 0 Å². The molecule has 27 heavy (non-hydrogen) atoms. The molecule has 2 rings (SSSR count). The van der Waals surface area contributed by atoms with Gasteiger partial charge in [0.2, 0.25) is 11.8 Å². The number of hydrogen-bond acceptors (Lipinski definition) is 7. The van der Waals surface area contributed by atoms with E-state index in [4.69, 9.17) is 11.6 Å². The molecule has 2 aromatic rings. The van der Waals surface area contributed by atoms with Gasteiger partial charge in [-0.1, -0.05) is 71.6 Å². The second-order valence-electron chi connectivity index (χ2n) is 5.44. The Morgan fingerprint density at radius 3 is 2.59 bits per heavy atom. The monoisotopic (exact) mass is 444 g/mol. The summed E-state index contributed by atoms with van der Waals surface area (Å²) in [5, 5.41) is 14.5. The van der Waals surface area contributed by atoms with E-state index in [1.54, 1.807) is 6.07 Å². The highest BCUT2D eigenvalue weighted by molar-refractivity contribution is 8.03. The summed E-state index contributed by atoms with van der Waals surface area (Å²) in [5.74, 6) is 0.921. The van der Waals surface area contributed by atoms with Crippen molar-refractivity contribution in [2.24, 2.45) is 0 Å². The molecule has 0 aliphatic heterocycles. The SMILES string of the molecule is CCCNC(=O)CSc1nnc(SCCC(=O)NCc2ccccc2Cl)s1. The van der Waals surface area contributed by atoms with Gasteiger partial charge in [-0.05, 0) is 18.1 Å². The van der Waals surface area contributed by atoms with E-state index in [0.717, 1.165) is 20.7 Å². The molecule has 0 aliphatic rings. The molecule has 1 aromatic carbocycles. The predicted octanol–water partition coefficient (Wildman–Crippen LogP) is 3.61. The lowest BCUT2D eigenvalue weighted by molar-refractivity contribution is -0.121. The van der Waals surface area contributed by atoms with Crippen molar-refractivity contribution in [3.8, 4) is 0 Å². The zero-order chi connectivity index (χ0) is 19.5. The normalized spacial score (nSPS) is 10.6. The summed E-state index contributed by atoms with van der Waals surface area (Å²) in [6.45, 7) is 3.12. The Kier molecular flexibility index (Phi) is 9.96. The molecule has 0 bridgehead atoms. The molecule has 0 saturated heterocycles. The van der Waals surface area contributed by atoms with Crippen molar-refractivity contribution in [2.45, 2.75) is 35.0 Å². The molecule has 0 fully saturated rings. The first kappa shape index (κ1) is 22.0. The maximum Gasteiger partial charge on any atom is 0.230 e. The summed E-state index contributed by atoms with van der Waals surface area (Å²) in [6, 6.07) is 7.44. The zero-order valence-electron chi connectivity index (χ0n) is 14.9. The van der Waals surface area contributed by atoms with Gasteiger partial charge in [-0.15, -0.1) is 10.2 Å². The molecule has 2 amide bonds. The topological polar surface area (TPSA) is 84.0 Å². The molecular weight excluding hydrogens is 424 g/mol. The van der Waals surface area contributed by atoms with Crippen LogP contribution in [0, 0.1) is 0 Å². The molecule has 2 N–H and O–H groups in total. The summed E-state index contributed by atoms with van der Waals surface area (Å²) < 4.78 is 1.55. The van der Waals surface area contributed by atoms with E-state index < -0.39 is 0 Å². The second-order valence-corrected chi connectivity index (χ2v) is 9.39. The molecule has 10 heteroatoms. The number of rotatable bonds is 11. The number of aromatic nitrogens is 2. The van der Waals surface area contributed by atoms with Crippen LogP contribution in [0.1, 0.15) is 25.3 Å². The largest absolute Gasteiger partial charge is 0.355 e. The highest BCUT2D eigenvalue weighted by atomic mass is 35.5. The van der Waals surface area contributed by atoms with E-state index in [1.807, 2.05) is 25.1 Å². The Morgan fingerprint density at radius 1 is 1.11 bits per heavy atom. The van der Waals surface area contributed by atoms with Gasteiger partial charge >= 0.3 is 0 Å². The van der Waals surface area contributed by atoms with Gasteiger partial charge in [0.05, 0.1) is 5.75 Å². The van der Waals surface area contributed by atoms with Crippen molar-refractivity contribution in [1.29, 1.82) is 0 Å². The first-order chi connectivity index (χ1) is 13.1. The molecule has 0 unspecified atom stereocenters. The van der Waals surface area contributed by atoms with E-state index in [1.165, 1.54) is 34.9 Å². The van der Waals surface area contributed by atoms with Gasteiger partial charge in [-0.25, -0.2) is 0 Å². The lowest BCUT2D eigenvalue weighted by Crippen LogP contribution is -2.25. The van der Waals surface area contributed by atoms with E-state index in [9.17, 15) is 9.59 Å². The number of nitrogens with zero attached hydrogens (tertiary/aromatic N) is 2. The predicted molar refractivity (Wildman–Crippen MR) is 113 cm³/mol. The number of amides is 2. The highest BCUT2D eigenvalue weighted by Crippen LogP contribution is 2.28. The van der Waals surface area contributed by atoms with Gasteiger partial charge in [-0.2, -0.15) is 0 Å². The maximum absolute atomic E-state index is 11.9. The second kappa shape index (κ2) is 12.2. The van der Waals surface area contributed by atoms with Gasteiger partial charge < -0.3 is 10.6 Å². The number of carbonyl (C=O) groups is 2. The molecule has 0 aliphatic carbocycles. The van der Waals surface area contributed by atoms with Crippen LogP contribution in [0.4, 0.5) is 0 Å². The summed E-state index contributed by atoms with van der Waals surface area (Å²) >= 11 is 10.4. The van der Waals surface area contributed by atoms with Gasteiger partial charge in [0, 0.05) is 30.3 Å². The van der Waals surface area contributed by atoms with Crippen LogP contribution < -0.4 is 10.6 Å². The third-order valence-corrected chi connectivity index (χ3v) is 6.84. The quantitative estimate of drug-likeness (QED) is 0.515. The van der Waals surface area contributed by atoms with Crippen LogP contribution in [-0.4, -0.2) is 40.1 Å². The Hall–Kier alpha value is -1.29. The third kappa shape index (κ3) is 8.50. The number of carbonyl (C=O) groups excluding carboxylic acids is 2. The summed E-state index contributed by atoms with van der Waals surface area (Å²) in [4.78, 5) is 23.5. The highest BCUT2D eigenvalue weighted by Gasteiger charge is 2.09. The molecular formula is C17H21ClN4O2S3. The molecule has 1 aromatic heterocycles. The van der Waals surface area contributed by atoms with Crippen LogP contribution in [0.15, 0.2) is 32.9 Å². The van der Waals surface area contributed by atoms with E-state index >= 15 is 0 Å². The van der Waals surface area contributed by atoms with Crippen LogP contribution in [-0.2, 0) is 16.1 Å². The lowest BCUT2D eigenvalue weighted by atomic mass is 10.2. The third-order valence-electron chi connectivity index (χ3n) is 3.28. The van der Waals surface area contributed by atoms with E-state index in [2.05, 4.69) is 20.8 Å². The Bertz CT molecular complexity index is 757. The molecule has 0 saturated carbocycles. The van der Waals surface area contributed by atoms with Crippen LogP contribution in [0.25, 0.3) is 0 Å². The minimum absolute atomic E-state index is 0.00134. The average molecular weight is 445 g/mol. The number of halogens is 1. The fourth-order valence-electron chi connectivity index (χ4n) is 1.91. The number of thioether (sulfide) groups is 2. The fraction of sp³-hybridized carbons (Fsp3) is 0.412. The van der Waals surface area contributed by atoms with Crippen LogP contribution >= 0.6 is 46.5 Å². The molecule has 0 spiro atoms. The van der Waals surface area contributed by atoms with Crippen LogP contribution in [0.2, 0.25) is 5.02 Å². The van der Waals surface area contributed by atoms with Crippen molar-refractivity contribution in [2.75, 3.05) is 18.1 Å². The Labute approximate surface area is 176 Å². The number of benzene rings is 1. The van der Waals surface area contributed by atoms with Crippen LogP contribution in [0.3, 0.4) is 0 Å². The van der Waals surface area contributed by atoms with Crippen molar-refractivity contribution in [1.82, 2.24) is 20.8 Å². The molecule has 1 heterocycles. The summed E-state index contributed by atoms with van der Waals surface area (Å²) in [6.07, 6.45) is 1.30. The molecule has 0 radical (unpaired) electrons. The smallest absolute Gasteiger partial charge is 0.230 e. The van der Waals surface area contributed by atoms with E-state index in [0.29, 0.717) is 36.0 Å².